The third kappa shape index (κ3) is 6.37. The molecule has 0 N–H and O–H groups in total. The van der Waals surface area contributed by atoms with E-state index in [4.69, 9.17) is 0 Å². The lowest BCUT2D eigenvalue weighted by Gasteiger charge is -1.75. The van der Waals surface area contributed by atoms with E-state index < -0.39 is 0 Å². The first-order valence-electron chi connectivity index (χ1n) is 1.72. The number of allylic oxidation sites excluding steroid dienone is 1. The maximum absolute atomic E-state index is 9.62. The van der Waals surface area contributed by atoms with E-state index in [1.807, 2.05) is 0 Å². The molecule has 0 bridgehead atoms. The second-order valence-corrected chi connectivity index (χ2v) is 3.67. The SMILES string of the molecule is O=CCC=C(Br)Br. The molecule has 0 spiro atoms. The summed E-state index contributed by atoms with van der Waals surface area (Å²) in [6, 6.07) is 0. The highest BCUT2D eigenvalue weighted by molar-refractivity contribution is 9.28. The Hall–Kier alpha value is 0.370. The Morgan fingerprint density at radius 3 is 2.29 bits per heavy atom. The molecule has 0 atom stereocenters. The van der Waals surface area contributed by atoms with Crippen LogP contribution in [0.2, 0.25) is 0 Å². The van der Waals surface area contributed by atoms with Gasteiger partial charge in [-0.05, 0) is 31.9 Å². The van der Waals surface area contributed by atoms with Crippen LogP contribution >= 0.6 is 31.9 Å². The molecule has 0 amide bonds. The van der Waals surface area contributed by atoms with Crippen molar-refractivity contribution in [2.75, 3.05) is 0 Å². The van der Waals surface area contributed by atoms with Gasteiger partial charge in [0.2, 0.25) is 0 Å². The molecule has 3 heteroatoms. The molecule has 0 aliphatic carbocycles. The predicted molar refractivity (Wildman–Crippen MR) is 36.6 cm³/mol. The topological polar surface area (TPSA) is 17.1 Å². The van der Waals surface area contributed by atoms with Gasteiger partial charge >= 0.3 is 0 Å². The van der Waals surface area contributed by atoms with Crippen LogP contribution < -0.4 is 0 Å². The number of aldehydes is 1. The highest BCUT2D eigenvalue weighted by atomic mass is 79.9. The zero-order valence-corrected chi connectivity index (χ0v) is 6.70. The standard InChI is InChI=1S/C4H4Br2O/c5-4(6)2-1-3-7/h2-3H,1H2. The van der Waals surface area contributed by atoms with Crippen LogP contribution in [-0.2, 0) is 4.79 Å². The summed E-state index contributed by atoms with van der Waals surface area (Å²) in [7, 11) is 0. The molecule has 0 heterocycles. The van der Waals surface area contributed by atoms with Crippen molar-refractivity contribution in [2.45, 2.75) is 6.42 Å². The number of rotatable bonds is 2. The van der Waals surface area contributed by atoms with Crippen molar-refractivity contribution in [1.82, 2.24) is 0 Å². The zero-order chi connectivity index (χ0) is 5.70. The fourth-order valence-corrected chi connectivity index (χ4v) is 0.511. The van der Waals surface area contributed by atoms with Gasteiger partial charge in [-0.15, -0.1) is 0 Å². The molecule has 0 saturated carbocycles. The molecule has 0 aromatic carbocycles. The average molecular weight is 228 g/mol. The van der Waals surface area contributed by atoms with Crippen molar-refractivity contribution >= 4 is 38.1 Å². The second kappa shape index (κ2) is 4.53. The van der Waals surface area contributed by atoms with Crippen LogP contribution in [0.25, 0.3) is 0 Å². The third-order valence-electron chi connectivity index (χ3n) is 0.368. The summed E-state index contributed by atoms with van der Waals surface area (Å²) in [6.07, 6.45) is 3.03. The van der Waals surface area contributed by atoms with Gasteiger partial charge in [0, 0.05) is 6.42 Å². The maximum atomic E-state index is 9.62. The molecule has 0 aliphatic rings. The molecule has 1 nitrogen and oxygen atoms in total. The van der Waals surface area contributed by atoms with Gasteiger partial charge in [0.15, 0.2) is 0 Å². The van der Waals surface area contributed by atoms with Crippen molar-refractivity contribution in [3.63, 3.8) is 0 Å². The first-order chi connectivity index (χ1) is 3.27. The first-order valence-corrected chi connectivity index (χ1v) is 3.30. The molecule has 40 valence electrons. The fourth-order valence-electron chi connectivity index (χ4n) is 0.137. The van der Waals surface area contributed by atoms with Crippen molar-refractivity contribution < 1.29 is 4.79 Å². The van der Waals surface area contributed by atoms with Crippen LogP contribution in [0.5, 0.6) is 0 Å². The molecular weight excluding hydrogens is 224 g/mol. The van der Waals surface area contributed by atoms with Crippen molar-refractivity contribution in [1.29, 1.82) is 0 Å². The number of carbonyl (C=O) groups excluding carboxylic acids is 1. The largest absolute Gasteiger partial charge is 0.303 e. The Morgan fingerprint density at radius 2 is 2.14 bits per heavy atom. The Kier molecular flexibility index (Phi) is 4.77. The van der Waals surface area contributed by atoms with E-state index >= 15 is 0 Å². The summed E-state index contributed by atoms with van der Waals surface area (Å²) in [5.74, 6) is 0. The zero-order valence-electron chi connectivity index (χ0n) is 3.53. The maximum Gasteiger partial charge on any atom is 0.123 e. The summed E-state index contributed by atoms with van der Waals surface area (Å²) in [5.41, 5.74) is 0. The van der Waals surface area contributed by atoms with E-state index in [1.54, 1.807) is 6.08 Å². The monoisotopic (exact) mass is 226 g/mol. The number of hydrogen-bond acceptors (Lipinski definition) is 1. The fraction of sp³-hybridized carbons (Fsp3) is 0.250. The van der Waals surface area contributed by atoms with Crippen LogP contribution in [0.15, 0.2) is 9.47 Å². The molecule has 7 heavy (non-hydrogen) atoms. The summed E-state index contributed by atoms with van der Waals surface area (Å²) in [4.78, 5) is 9.62. The van der Waals surface area contributed by atoms with Crippen molar-refractivity contribution in [3.05, 3.63) is 9.47 Å². The summed E-state index contributed by atoms with van der Waals surface area (Å²) >= 11 is 6.19. The van der Waals surface area contributed by atoms with Crippen LogP contribution in [0, 0.1) is 0 Å². The highest BCUT2D eigenvalue weighted by Crippen LogP contribution is 2.12. The Bertz CT molecular complexity index is 83.7. The van der Waals surface area contributed by atoms with Crippen LogP contribution in [0.3, 0.4) is 0 Å². The molecule has 0 aliphatic heterocycles. The molecule has 0 aromatic rings. The van der Waals surface area contributed by atoms with Gasteiger partial charge in [-0.3, -0.25) is 0 Å². The van der Waals surface area contributed by atoms with Gasteiger partial charge in [-0.1, -0.05) is 6.08 Å². The molecule has 0 rings (SSSR count). The van der Waals surface area contributed by atoms with E-state index in [2.05, 4.69) is 31.9 Å². The molecule has 0 unspecified atom stereocenters. The van der Waals surface area contributed by atoms with Gasteiger partial charge in [-0.25, -0.2) is 0 Å². The predicted octanol–water partition coefficient (Wildman–Crippen LogP) is 2.21. The van der Waals surface area contributed by atoms with E-state index in [0.717, 1.165) is 9.68 Å². The van der Waals surface area contributed by atoms with E-state index in [1.165, 1.54) is 0 Å². The number of halogens is 2. The Balaban J connectivity index is 3.25. The normalized spacial score (nSPS) is 7.71. The summed E-state index contributed by atoms with van der Waals surface area (Å²) in [6.45, 7) is 0. The smallest absolute Gasteiger partial charge is 0.123 e. The summed E-state index contributed by atoms with van der Waals surface area (Å²) in [5, 5.41) is 0. The lowest BCUT2D eigenvalue weighted by molar-refractivity contribution is -0.107. The van der Waals surface area contributed by atoms with Crippen molar-refractivity contribution in [2.24, 2.45) is 0 Å². The van der Waals surface area contributed by atoms with Gasteiger partial charge < -0.3 is 4.79 Å². The Labute approximate surface area is 59.0 Å². The van der Waals surface area contributed by atoms with Crippen LogP contribution in [0.4, 0.5) is 0 Å². The molecule has 0 radical (unpaired) electrons. The molecule has 0 aromatic heterocycles. The third-order valence-corrected chi connectivity index (χ3v) is 1.02. The van der Waals surface area contributed by atoms with E-state index in [0.29, 0.717) is 6.42 Å². The summed E-state index contributed by atoms with van der Waals surface area (Å²) < 4.78 is 0.826. The lowest BCUT2D eigenvalue weighted by Crippen LogP contribution is -1.63. The van der Waals surface area contributed by atoms with Gasteiger partial charge in [0.25, 0.3) is 0 Å². The van der Waals surface area contributed by atoms with Crippen LogP contribution in [0.1, 0.15) is 6.42 Å². The second-order valence-electron chi connectivity index (χ2n) is 0.896. The quantitative estimate of drug-likeness (QED) is 0.662. The minimum atomic E-state index is 0.464. The van der Waals surface area contributed by atoms with Crippen molar-refractivity contribution in [3.8, 4) is 0 Å². The number of carbonyl (C=O) groups is 1. The molecule has 0 fully saturated rings. The average Bonchev–Trinajstić information content (AvgIpc) is 1.61. The van der Waals surface area contributed by atoms with E-state index in [-0.39, 0.29) is 0 Å². The Morgan fingerprint density at radius 1 is 1.57 bits per heavy atom. The minimum absolute atomic E-state index is 0.464. The van der Waals surface area contributed by atoms with Gasteiger partial charge in [-0.2, -0.15) is 0 Å². The van der Waals surface area contributed by atoms with Crippen LogP contribution in [-0.4, -0.2) is 6.29 Å². The minimum Gasteiger partial charge on any atom is -0.303 e. The molecule has 0 saturated heterocycles. The lowest BCUT2D eigenvalue weighted by atomic mass is 10.5. The molecular formula is C4H4Br2O. The van der Waals surface area contributed by atoms with Gasteiger partial charge in [0.1, 0.15) is 6.29 Å². The number of hydrogen-bond donors (Lipinski definition) is 0. The van der Waals surface area contributed by atoms with Gasteiger partial charge in [0.05, 0.1) is 3.39 Å². The highest BCUT2D eigenvalue weighted by Gasteiger charge is 1.76. The van der Waals surface area contributed by atoms with E-state index in [9.17, 15) is 4.79 Å². The first kappa shape index (κ1) is 7.37.